The maximum absolute atomic E-state index is 12.2. The highest BCUT2D eigenvalue weighted by Gasteiger charge is 2.13. The van der Waals surface area contributed by atoms with Crippen LogP contribution in [0.5, 0.6) is 11.5 Å². The van der Waals surface area contributed by atoms with Crippen LogP contribution in [0.2, 0.25) is 0 Å². The van der Waals surface area contributed by atoms with Gasteiger partial charge in [-0.3, -0.25) is 10.1 Å². The Morgan fingerprint density at radius 1 is 1.33 bits per heavy atom. The number of hydrogen-bond acceptors (Lipinski definition) is 5. The first kappa shape index (κ1) is 15.3. The number of methoxy groups -OCH3 is 1. The molecule has 0 fully saturated rings. The van der Waals surface area contributed by atoms with Gasteiger partial charge in [0.2, 0.25) is 0 Å². The topological polar surface area (TPSA) is 60.5 Å². The first-order valence-corrected chi connectivity index (χ1v) is 7.43. The van der Waals surface area contributed by atoms with E-state index in [-0.39, 0.29) is 5.91 Å². The summed E-state index contributed by atoms with van der Waals surface area (Å²) in [5, 5.41) is 3.40. The van der Waals surface area contributed by atoms with Gasteiger partial charge in [0.25, 0.3) is 5.91 Å². The summed E-state index contributed by atoms with van der Waals surface area (Å²) in [6.07, 6.45) is 0. The van der Waals surface area contributed by atoms with E-state index < -0.39 is 0 Å². The van der Waals surface area contributed by atoms with Crippen molar-refractivity contribution in [3.8, 4) is 11.5 Å². The van der Waals surface area contributed by atoms with Gasteiger partial charge in [-0.25, -0.2) is 4.98 Å². The number of anilines is 1. The van der Waals surface area contributed by atoms with Gasteiger partial charge in [0.15, 0.2) is 16.6 Å². The van der Waals surface area contributed by atoms with Crippen LogP contribution in [0.25, 0.3) is 0 Å². The summed E-state index contributed by atoms with van der Waals surface area (Å²) >= 11 is 1.46. The van der Waals surface area contributed by atoms with Crippen LogP contribution in [0, 0.1) is 13.8 Å². The maximum Gasteiger partial charge on any atom is 0.257 e. The Balaban J connectivity index is 2.20. The number of nitrogens with zero attached hydrogens (tertiary/aromatic N) is 1. The standard InChI is InChI=1S/C15H18N2O3S/c1-5-20-13-8-11(6-7-12(13)19-4)14(18)17-15-16-9(2)10(3)21-15/h6-8H,5H2,1-4H3,(H,16,17,18). The van der Waals surface area contributed by atoms with E-state index in [1.807, 2.05) is 20.8 Å². The Kier molecular flexibility index (Phi) is 4.80. The van der Waals surface area contributed by atoms with E-state index >= 15 is 0 Å². The van der Waals surface area contributed by atoms with Crippen molar-refractivity contribution < 1.29 is 14.3 Å². The van der Waals surface area contributed by atoms with Crippen molar-refractivity contribution in [1.29, 1.82) is 0 Å². The molecule has 0 bridgehead atoms. The summed E-state index contributed by atoms with van der Waals surface area (Å²) in [6, 6.07) is 5.09. The van der Waals surface area contributed by atoms with Gasteiger partial charge >= 0.3 is 0 Å². The lowest BCUT2D eigenvalue weighted by Crippen LogP contribution is -2.12. The number of aromatic nitrogens is 1. The minimum absolute atomic E-state index is 0.215. The van der Waals surface area contributed by atoms with E-state index in [0.29, 0.717) is 28.8 Å². The number of amides is 1. The summed E-state index contributed by atoms with van der Waals surface area (Å²) in [6.45, 7) is 6.28. The number of nitrogens with one attached hydrogen (secondary N) is 1. The predicted molar refractivity (Wildman–Crippen MR) is 83.7 cm³/mol. The molecule has 0 aliphatic heterocycles. The summed E-state index contributed by atoms with van der Waals surface area (Å²) in [5.74, 6) is 0.945. The number of thiazole rings is 1. The zero-order valence-electron chi connectivity index (χ0n) is 12.5. The van der Waals surface area contributed by atoms with Gasteiger partial charge in [-0.1, -0.05) is 0 Å². The zero-order valence-corrected chi connectivity index (χ0v) is 13.3. The number of benzene rings is 1. The average molecular weight is 306 g/mol. The SMILES string of the molecule is CCOc1cc(C(=O)Nc2nc(C)c(C)s2)ccc1OC. The first-order chi connectivity index (χ1) is 10.0. The van der Waals surface area contributed by atoms with Crippen LogP contribution in [-0.4, -0.2) is 24.6 Å². The summed E-state index contributed by atoms with van der Waals surface area (Å²) in [7, 11) is 1.57. The fraction of sp³-hybridized carbons (Fsp3) is 0.333. The predicted octanol–water partition coefficient (Wildman–Crippen LogP) is 3.42. The Morgan fingerprint density at radius 2 is 2.10 bits per heavy atom. The van der Waals surface area contributed by atoms with Gasteiger partial charge in [0, 0.05) is 10.4 Å². The smallest absolute Gasteiger partial charge is 0.257 e. The molecular formula is C15H18N2O3S. The van der Waals surface area contributed by atoms with Gasteiger partial charge in [-0.2, -0.15) is 0 Å². The van der Waals surface area contributed by atoms with Crippen LogP contribution in [0.3, 0.4) is 0 Å². The number of carbonyl (C=O) groups excluding carboxylic acids is 1. The summed E-state index contributed by atoms with van der Waals surface area (Å²) < 4.78 is 10.7. The van der Waals surface area contributed by atoms with Crippen LogP contribution < -0.4 is 14.8 Å². The molecule has 1 aromatic heterocycles. The molecule has 0 radical (unpaired) electrons. The van der Waals surface area contributed by atoms with Crippen molar-refractivity contribution in [2.24, 2.45) is 0 Å². The number of hydrogen-bond donors (Lipinski definition) is 1. The third-order valence-corrected chi connectivity index (χ3v) is 3.96. The van der Waals surface area contributed by atoms with Gasteiger partial charge < -0.3 is 9.47 Å². The number of aryl methyl sites for hydroxylation is 2. The molecule has 0 aliphatic carbocycles. The molecule has 1 heterocycles. The number of carbonyl (C=O) groups is 1. The third-order valence-electron chi connectivity index (χ3n) is 2.97. The van der Waals surface area contributed by atoms with E-state index in [1.54, 1.807) is 25.3 Å². The highest BCUT2D eigenvalue weighted by atomic mass is 32.1. The highest BCUT2D eigenvalue weighted by molar-refractivity contribution is 7.15. The van der Waals surface area contributed by atoms with Crippen LogP contribution in [-0.2, 0) is 0 Å². The van der Waals surface area contributed by atoms with Crippen LogP contribution in [0.15, 0.2) is 18.2 Å². The first-order valence-electron chi connectivity index (χ1n) is 6.61. The minimum Gasteiger partial charge on any atom is -0.493 e. The van der Waals surface area contributed by atoms with E-state index in [1.165, 1.54) is 11.3 Å². The fourth-order valence-corrected chi connectivity index (χ4v) is 2.59. The van der Waals surface area contributed by atoms with Crippen molar-refractivity contribution in [2.75, 3.05) is 19.0 Å². The molecule has 2 aromatic rings. The summed E-state index contributed by atoms with van der Waals surface area (Å²) in [5.41, 5.74) is 1.43. The van der Waals surface area contributed by atoms with Crippen LogP contribution >= 0.6 is 11.3 Å². The number of ether oxygens (including phenoxy) is 2. The van der Waals surface area contributed by atoms with E-state index in [0.717, 1.165) is 10.6 Å². The molecule has 2 rings (SSSR count). The van der Waals surface area contributed by atoms with E-state index in [9.17, 15) is 4.79 Å². The Hall–Kier alpha value is -2.08. The van der Waals surface area contributed by atoms with Crippen molar-refractivity contribution >= 4 is 22.4 Å². The van der Waals surface area contributed by atoms with Crippen molar-refractivity contribution in [2.45, 2.75) is 20.8 Å². The molecular weight excluding hydrogens is 288 g/mol. The molecule has 0 saturated heterocycles. The molecule has 112 valence electrons. The number of rotatable bonds is 5. The third kappa shape index (κ3) is 3.52. The maximum atomic E-state index is 12.2. The molecule has 0 saturated carbocycles. The lowest BCUT2D eigenvalue weighted by Gasteiger charge is -2.10. The molecule has 6 heteroatoms. The van der Waals surface area contributed by atoms with Crippen LogP contribution in [0.1, 0.15) is 27.9 Å². The zero-order chi connectivity index (χ0) is 15.4. The molecule has 5 nitrogen and oxygen atoms in total. The van der Waals surface area contributed by atoms with Crippen molar-refractivity contribution in [3.05, 3.63) is 34.3 Å². The van der Waals surface area contributed by atoms with Gasteiger partial charge in [0.05, 0.1) is 19.4 Å². The van der Waals surface area contributed by atoms with Crippen molar-refractivity contribution in [3.63, 3.8) is 0 Å². The second-order valence-electron chi connectivity index (χ2n) is 4.41. The quantitative estimate of drug-likeness (QED) is 0.919. The largest absolute Gasteiger partial charge is 0.493 e. The molecule has 0 aliphatic rings. The lowest BCUT2D eigenvalue weighted by atomic mass is 10.2. The second-order valence-corrected chi connectivity index (χ2v) is 5.62. The molecule has 1 amide bonds. The monoisotopic (exact) mass is 306 g/mol. The van der Waals surface area contributed by atoms with Gasteiger partial charge in [-0.05, 0) is 39.0 Å². The average Bonchev–Trinajstić information content (AvgIpc) is 2.77. The molecule has 0 atom stereocenters. The second kappa shape index (κ2) is 6.58. The molecule has 1 aromatic carbocycles. The van der Waals surface area contributed by atoms with Crippen molar-refractivity contribution in [1.82, 2.24) is 4.98 Å². The van der Waals surface area contributed by atoms with Crippen LogP contribution in [0.4, 0.5) is 5.13 Å². The molecule has 21 heavy (non-hydrogen) atoms. The Morgan fingerprint density at radius 3 is 2.67 bits per heavy atom. The van der Waals surface area contributed by atoms with Gasteiger partial charge in [-0.15, -0.1) is 11.3 Å². The minimum atomic E-state index is -0.215. The normalized spacial score (nSPS) is 10.3. The Labute approximate surface area is 127 Å². The molecule has 1 N–H and O–H groups in total. The molecule has 0 spiro atoms. The van der Waals surface area contributed by atoms with E-state index in [4.69, 9.17) is 9.47 Å². The van der Waals surface area contributed by atoms with E-state index in [2.05, 4.69) is 10.3 Å². The van der Waals surface area contributed by atoms with Gasteiger partial charge in [0.1, 0.15) is 0 Å². The molecule has 0 unspecified atom stereocenters. The highest BCUT2D eigenvalue weighted by Crippen LogP contribution is 2.29. The summed E-state index contributed by atoms with van der Waals surface area (Å²) in [4.78, 5) is 17.6. The lowest BCUT2D eigenvalue weighted by molar-refractivity contribution is 0.102. The Bertz CT molecular complexity index is 633. The fourth-order valence-electron chi connectivity index (χ4n) is 1.78.